The van der Waals surface area contributed by atoms with Gasteiger partial charge in [-0.15, -0.1) is 0 Å². The monoisotopic (exact) mass is 90.0 g/mol. The number of hydrogen-bond acceptors (Lipinski definition) is 0. The van der Waals surface area contributed by atoms with Gasteiger partial charge in [0, 0.05) is 0 Å². The minimum atomic E-state index is 0. The van der Waals surface area contributed by atoms with E-state index in [4.69, 9.17) is 0 Å². The largest absolute Gasteiger partial charge is 2.00 e. The molecular formula is C2H2OTi. The predicted octanol–water partition coefficient (Wildman–Crippen LogP) is 0.00150. The topological polar surface area (TPSA) is 28.5 Å². The predicted molar refractivity (Wildman–Crippen MR) is 11.3 cm³/mol. The van der Waals surface area contributed by atoms with Crippen molar-refractivity contribution in [2.45, 2.75) is 0 Å². The summed E-state index contributed by atoms with van der Waals surface area (Å²) in [5, 5.41) is 0. The van der Waals surface area contributed by atoms with Crippen LogP contribution >= 0.6 is 0 Å². The van der Waals surface area contributed by atoms with Crippen LogP contribution in [-0.2, 0) is 25.4 Å². The van der Waals surface area contributed by atoms with Crippen LogP contribution in [0, 0.1) is 0 Å². The third-order valence-electron chi connectivity index (χ3n) is 0. The van der Waals surface area contributed by atoms with Crippen molar-refractivity contribution in [1.29, 1.82) is 0 Å². The Balaban J connectivity index is 0. The van der Waals surface area contributed by atoms with Crippen LogP contribution in [0.1, 0.15) is 0 Å². The fourth-order valence-electron chi connectivity index (χ4n) is 0. The van der Waals surface area contributed by atoms with E-state index in [0.29, 0.717) is 0 Å². The van der Waals surface area contributed by atoms with Crippen molar-refractivity contribution in [3.63, 3.8) is 0 Å². The van der Waals surface area contributed by atoms with Crippen LogP contribution in [0.3, 0.4) is 0 Å². The van der Waals surface area contributed by atoms with Crippen LogP contribution in [0.25, 0.3) is 0 Å². The molecule has 0 spiro atoms. The maximum Gasteiger partial charge on any atom is -2.00 e. The summed E-state index contributed by atoms with van der Waals surface area (Å²) >= 11 is 1.76. The van der Waals surface area contributed by atoms with Gasteiger partial charge in [-0.2, -0.15) is 0 Å². The zero-order valence-electron chi connectivity index (χ0n) is 2.12. The van der Waals surface area contributed by atoms with Crippen molar-refractivity contribution < 1.29 is 25.4 Å². The van der Waals surface area contributed by atoms with Gasteiger partial charge in [0.2, 0.25) is 0 Å². The fraction of sp³-hybridized carbons (Fsp3) is 0. The van der Waals surface area contributed by atoms with E-state index in [9.17, 15) is 0 Å². The molecule has 0 radical (unpaired) electrons. The molecule has 0 aliphatic rings. The minimum absolute atomic E-state index is 0. The molecule has 0 aromatic heterocycles. The third-order valence-corrected chi connectivity index (χ3v) is 0. The van der Waals surface area contributed by atoms with Crippen LogP contribution < -0.4 is 0 Å². The van der Waals surface area contributed by atoms with E-state index in [2.05, 4.69) is 10.5 Å². The van der Waals surface area contributed by atoms with Crippen molar-refractivity contribution >= 4 is 3.97 Å². The number of rotatable bonds is 0. The molecule has 0 N–H and O–H groups in total. The van der Waals surface area contributed by atoms with Crippen molar-refractivity contribution in [2.75, 3.05) is 0 Å². The van der Waals surface area contributed by atoms with Crippen LogP contribution in [0.5, 0.6) is 0 Å². The standard InChI is InChI=1S/C2H2.O.Ti/c1-2;;/h1H2;;/q;-2;+2. The molecule has 2 heteroatoms. The summed E-state index contributed by atoms with van der Waals surface area (Å²) in [5.74, 6) is 0. The molecule has 0 aliphatic heterocycles. The first-order chi connectivity index (χ1) is 1.41. The molecule has 20 valence electrons. The fourth-order valence-corrected chi connectivity index (χ4v) is 0. The minimum Gasteiger partial charge on any atom is -2.00 e. The van der Waals surface area contributed by atoms with E-state index in [1.54, 1.807) is 20.0 Å². The first kappa shape index (κ1) is 8.85. The van der Waals surface area contributed by atoms with E-state index in [0.717, 1.165) is 0 Å². The Kier molecular flexibility index (Phi) is 22.6. The smallest absolute Gasteiger partial charge is 2.00 e. The number of hydrogen-bond donors (Lipinski definition) is 0. The van der Waals surface area contributed by atoms with Gasteiger partial charge < -0.3 is 5.48 Å². The average Bonchev–Trinajstić information content (AvgIpc) is 0.918. The Labute approximate surface area is 36.5 Å². The second-order valence-electron chi connectivity index (χ2n) is 0.177. The van der Waals surface area contributed by atoms with E-state index in [1.807, 2.05) is 0 Å². The van der Waals surface area contributed by atoms with Gasteiger partial charge in [0.05, 0.1) is 0 Å². The Morgan fingerprint density at radius 1 is 1.75 bits per heavy atom. The van der Waals surface area contributed by atoms with Gasteiger partial charge in [-0.05, 0) is 0 Å². The molecule has 0 saturated heterocycles. The van der Waals surface area contributed by atoms with Gasteiger partial charge in [-0.1, -0.05) is 0 Å². The molecule has 0 rings (SSSR count). The van der Waals surface area contributed by atoms with Gasteiger partial charge in [-0.3, -0.25) is 0 Å². The molecule has 0 aromatic rings. The third kappa shape index (κ3) is 38.8. The summed E-state index contributed by atoms with van der Waals surface area (Å²) in [6, 6.07) is 0. The molecule has 0 bridgehead atoms. The molecule has 0 heterocycles. The zero-order chi connectivity index (χ0) is 2.71. The maximum atomic E-state index is 3.24. The van der Waals surface area contributed by atoms with Crippen molar-refractivity contribution in [2.24, 2.45) is 0 Å². The molecular weight excluding hydrogens is 87.9 g/mol. The van der Waals surface area contributed by atoms with E-state index < -0.39 is 0 Å². The first-order valence-corrected chi connectivity index (χ1v) is 1.38. The zero-order valence-corrected chi connectivity index (χ0v) is 3.68. The Hall–Kier alpha value is 0.324. The Morgan fingerprint density at radius 3 is 1.75 bits per heavy atom. The quantitative estimate of drug-likeness (QED) is 0.374. The maximum absolute atomic E-state index is 3.24. The summed E-state index contributed by atoms with van der Waals surface area (Å²) < 4.78 is 2.50. The van der Waals surface area contributed by atoms with Gasteiger partial charge in [0.15, 0.2) is 0 Å². The van der Waals surface area contributed by atoms with Gasteiger partial charge in [0.1, 0.15) is 0 Å². The Morgan fingerprint density at radius 2 is 1.75 bits per heavy atom. The van der Waals surface area contributed by atoms with Crippen LogP contribution in [0.4, 0.5) is 0 Å². The summed E-state index contributed by atoms with van der Waals surface area (Å²) in [4.78, 5) is 0. The van der Waals surface area contributed by atoms with E-state index in [-0.39, 0.29) is 5.48 Å². The van der Waals surface area contributed by atoms with E-state index in [1.165, 1.54) is 0 Å². The summed E-state index contributed by atoms with van der Waals surface area (Å²) in [6.07, 6.45) is 0. The summed E-state index contributed by atoms with van der Waals surface area (Å²) in [7, 11) is 0. The second-order valence-corrected chi connectivity index (χ2v) is 0.729. The SMILES string of the molecule is C=[C]=[Ti+2].[O-2]. The van der Waals surface area contributed by atoms with Gasteiger partial charge in [0.25, 0.3) is 0 Å². The van der Waals surface area contributed by atoms with Gasteiger partial charge >= 0.3 is 30.5 Å². The molecule has 4 heavy (non-hydrogen) atoms. The molecule has 0 aliphatic carbocycles. The molecule has 1 nitrogen and oxygen atoms in total. The first-order valence-electron chi connectivity index (χ1n) is 0.604. The molecule has 0 unspecified atom stereocenters. The normalized spacial score (nSPS) is 2.50. The molecule has 0 fully saturated rings. The summed E-state index contributed by atoms with van der Waals surface area (Å²) in [6.45, 7) is 3.24. The molecule has 0 amide bonds. The summed E-state index contributed by atoms with van der Waals surface area (Å²) in [5.41, 5.74) is 0. The van der Waals surface area contributed by atoms with Crippen LogP contribution in [-0.4, -0.2) is 3.97 Å². The van der Waals surface area contributed by atoms with Gasteiger partial charge in [-0.25, -0.2) is 0 Å². The average molecular weight is 89.9 g/mol. The van der Waals surface area contributed by atoms with Crippen LogP contribution in [0.15, 0.2) is 6.58 Å². The molecule has 0 atom stereocenters. The van der Waals surface area contributed by atoms with Crippen molar-refractivity contribution in [3.8, 4) is 0 Å². The molecule has 0 saturated carbocycles. The Bertz CT molecular complexity index is 27.0. The molecule has 0 aromatic carbocycles. The van der Waals surface area contributed by atoms with Crippen molar-refractivity contribution in [1.82, 2.24) is 0 Å². The van der Waals surface area contributed by atoms with Crippen LogP contribution in [0.2, 0.25) is 0 Å². The van der Waals surface area contributed by atoms with Crippen molar-refractivity contribution in [3.05, 3.63) is 6.58 Å². The second kappa shape index (κ2) is 10.2. The van der Waals surface area contributed by atoms with E-state index >= 15 is 0 Å².